The highest BCUT2D eigenvalue weighted by atomic mass is 15.1. The van der Waals surface area contributed by atoms with Gasteiger partial charge in [-0.2, -0.15) is 0 Å². The predicted molar refractivity (Wildman–Crippen MR) is 62.2 cm³/mol. The molecular formula is C12H21N3. The summed E-state index contributed by atoms with van der Waals surface area (Å²) in [7, 11) is 2.03. The van der Waals surface area contributed by atoms with Gasteiger partial charge in [-0.3, -0.25) is 0 Å². The van der Waals surface area contributed by atoms with Crippen molar-refractivity contribution >= 4 is 0 Å². The van der Waals surface area contributed by atoms with Crippen molar-refractivity contribution in [3.63, 3.8) is 0 Å². The molecule has 0 radical (unpaired) electrons. The van der Waals surface area contributed by atoms with Gasteiger partial charge in [-0.05, 0) is 33.2 Å². The number of hydrogen-bond acceptors (Lipinski definition) is 2. The van der Waals surface area contributed by atoms with Gasteiger partial charge in [0.2, 0.25) is 0 Å². The minimum Gasteiger partial charge on any atom is -0.327 e. The third kappa shape index (κ3) is 1.81. The number of likely N-dealkylation sites (N-methyl/N-ethyl adjacent to an activating group) is 1. The van der Waals surface area contributed by atoms with E-state index in [1.165, 1.54) is 36.5 Å². The highest BCUT2D eigenvalue weighted by Gasteiger charge is 2.23. The quantitative estimate of drug-likeness (QED) is 0.819. The molecule has 0 fully saturated rings. The number of imidazole rings is 1. The molecule has 3 heteroatoms. The summed E-state index contributed by atoms with van der Waals surface area (Å²) in [5.41, 5.74) is 2.71. The van der Waals surface area contributed by atoms with Gasteiger partial charge in [-0.25, -0.2) is 4.98 Å². The van der Waals surface area contributed by atoms with Crippen LogP contribution in [0.3, 0.4) is 0 Å². The molecule has 1 N–H and O–H groups in total. The Morgan fingerprint density at radius 1 is 1.53 bits per heavy atom. The smallest absolute Gasteiger partial charge is 0.109 e. The van der Waals surface area contributed by atoms with Gasteiger partial charge in [0.05, 0.1) is 5.69 Å². The van der Waals surface area contributed by atoms with Crippen LogP contribution < -0.4 is 5.32 Å². The van der Waals surface area contributed by atoms with E-state index in [-0.39, 0.29) is 0 Å². The molecule has 1 aromatic rings. The van der Waals surface area contributed by atoms with E-state index in [0.717, 1.165) is 13.0 Å². The zero-order valence-corrected chi connectivity index (χ0v) is 10.0. The van der Waals surface area contributed by atoms with Crippen LogP contribution in [0, 0.1) is 6.92 Å². The largest absolute Gasteiger partial charge is 0.327 e. The molecule has 1 aromatic heterocycles. The lowest BCUT2D eigenvalue weighted by atomic mass is 10.0. The molecule has 15 heavy (non-hydrogen) atoms. The lowest BCUT2D eigenvalue weighted by Crippen LogP contribution is -2.28. The van der Waals surface area contributed by atoms with Crippen LogP contribution in [-0.2, 0) is 12.8 Å². The average Bonchev–Trinajstić information content (AvgIpc) is 2.58. The van der Waals surface area contributed by atoms with Gasteiger partial charge in [0, 0.05) is 24.7 Å². The molecule has 0 bridgehead atoms. The Morgan fingerprint density at radius 2 is 2.33 bits per heavy atom. The van der Waals surface area contributed by atoms with E-state index in [9.17, 15) is 0 Å². The second-order valence-electron chi connectivity index (χ2n) is 4.39. The van der Waals surface area contributed by atoms with Gasteiger partial charge >= 0.3 is 0 Å². The molecule has 0 amide bonds. The average molecular weight is 207 g/mol. The number of fused-ring (bicyclic) bond motifs is 1. The minimum atomic E-state index is 0.620. The van der Waals surface area contributed by atoms with Crippen LogP contribution in [0.5, 0.6) is 0 Å². The Balaban J connectivity index is 2.39. The van der Waals surface area contributed by atoms with Crippen molar-refractivity contribution in [1.29, 1.82) is 0 Å². The maximum absolute atomic E-state index is 4.68. The second kappa shape index (κ2) is 4.35. The summed E-state index contributed by atoms with van der Waals surface area (Å²) in [5.74, 6) is 1.27. The SMILES string of the molecule is CCc1nc(C)c2n1C(CNC)CCC2. The lowest BCUT2D eigenvalue weighted by molar-refractivity contribution is 0.380. The molecule has 3 nitrogen and oxygen atoms in total. The first-order valence-electron chi connectivity index (χ1n) is 5.99. The van der Waals surface area contributed by atoms with Crippen LogP contribution in [-0.4, -0.2) is 23.1 Å². The summed E-state index contributed by atoms with van der Waals surface area (Å²) in [6.07, 6.45) is 4.85. The maximum Gasteiger partial charge on any atom is 0.109 e. The van der Waals surface area contributed by atoms with E-state index >= 15 is 0 Å². The monoisotopic (exact) mass is 207 g/mol. The van der Waals surface area contributed by atoms with Crippen LogP contribution in [0.2, 0.25) is 0 Å². The number of aromatic nitrogens is 2. The Kier molecular flexibility index (Phi) is 3.10. The zero-order chi connectivity index (χ0) is 10.8. The summed E-state index contributed by atoms with van der Waals surface area (Å²) < 4.78 is 2.48. The molecule has 84 valence electrons. The van der Waals surface area contributed by atoms with Crippen molar-refractivity contribution in [1.82, 2.24) is 14.9 Å². The summed E-state index contributed by atoms with van der Waals surface area (Å²) in [6, 6.07) is 0.620. The predicted octanol–water partition coefficient (Wildman–Crippen LogP) is 1.85. The van der Waals surface area contributed by atoms with Crippen molar-refractivity contribution in [3.05, 3.63) is 17.2 Å². The Labute approximate surface area is 91.9 Å². The highest BCUT2D eigenvalue weighted by Crippen LogP contribution is 2.28. The Bertz CT molecular complexity index is 341. The normalized spacial score (nSPS) is 20.3. The third-order valence-electron chi connectivity index (χ3n) is 3.36. The van der Waals surface area contributed by atoms with E-state index < -0.39 is 0 Å². The first-order chi connectivity index (χ1) is 7.27. The molecule has 0 saturated carbocycles. The maximum atomic E-state index is 4.68. The summed E-state index contributed by atoms with van der Waals surface area (Å²) in [4.78, 5) is 4.68. The van der Waals surface area contributed by atoms with Crippen LogP contribution in [0.4, 0.5) is 0 Å². The zero-order valence-electron chi connectivity index (χ0n) is 10.0. The second-order valence-corrected chi connectivity index (χ2v) is 4.39. The fourth-order valence-corrected chi connectivity index (χ4v) is 2.69. The molecule has 1 aliphatic heterocycles. The van der Waals surface area contributed by atoms with Gasteiger partial charge in [0.1, 0.15) is 5.82 Å². The molecule has 0 saturated heterocycles. The molecular weight excluding hydrogens is 186 g/mol. The van der Waals surface area contributed by atoms with E-state index in [0.29, 0.717) is 6.04 Å². The number of aryl methyl sites for hydroxylation is 2. The summed E-state index contributed by atoms with van der Waals surface area (Å²) in [5, 5.41) is 3.29. The molecule has 1 aliphatic rings. The number of nitrogens with one attached hydrogen (secondary N) is 1. The molecule has 0 spiro atoms. The Morgan fingerprint density at radius 3 is 3.00 bits per heavy atom. The number of rotatable bonds is 3. The first kappa shape index (κ1) is 10.7. The fraction of sp³-hybridized carbons (Fsp3) is 0.750. The van der Waals surface area contributed by atoms with Gasteiger partial charge in [-0.15, -0.1) is 0 Å². The molecule has 2 rings (SSSR count). The standard InChI is InChI=1S/C12H21N3/c1-4-12-14-9(2)11-7-5-6-10(8-13-3)15(11)12/h10,13H,4-8H2,1-3H3. The Hall–Kier alpha value is -0.830. The number of nitrogens with zero attached hydrogens (tertiary/aromatic N) is 2. The van der Waals surface area contributed by atoms with E-state index in [1.807, 2.05) is 7.05 Å². The van der Waals surface area contributed by atoms with Gasteiger partial charge in [0.15, 0.2) is 0 Å². The lowest BCUT2D eigenvalue weighted by Gasteiger charge is -2.27. The van der Waals surface area contributed by atoms with Crippen molar-refractivity contribution in [2.24, 2.45) is 0 Å². The van der Waals surface area contributed by atoms with Crippen LogP contribution >= 0.6 is 0 Å². The van der Waals surface area contributed by atoms with Gasteiger partial charge < -0.3 is 9.88 Å². The summed E-state index contributed by atoms with van der Waals surface area (Å²) >= 11 is 0. The van der Waals surface area contributed by atoms with Crippen molar-refractivity contribution in [2.75, 3.05) is 13.6 Å². The van der Waals surface area contributed by atoms with Crippen molar-refractivity contribution in [2.45, 2.75) is 45.6 Å². The van der Waals surface area contributed by atoms with Crippen LogP contribution in [0.15, 0.2) is 0 Å². The van der Waals surface area contributed by atoms with Crippen LogP contribution in [0.25, 0.3) is 0 Å². The third-order valence-corrected chi connectivity index (χ3v) is 3.36. The van der Waals surface area contributed by atoms with Gasteiger partial charge in [-0.1, -0.05) is 6.92 Å². The highest BCUT2D eigenvalue weighted by molar-refractivity contribution is 5.19. The molecule has 0 aromatic carbocycles. The molecule has 1 atom stereocenters. The summed E-state index contributed by atoms with van der Waals surface area (Å²) in [6.45, 7) is 5.41. The topological polar surface area (TPSA) is 29.9 Å². The van der Waals surface area contributed by atoms with Crippen LogP contribution in [0.1, 0.15) is 43.0 Å². The fourth-order valence-electron chi connectivity index (χ4n) is 2.69. The van der Waals surface area contributed by atoms with Crippen molar-refractivity contribution in [3.8, 4) is 0 Å². The molecule has 2 heterocycles. The van der Waals surface area contributed by atoms with Crippen molar-refractivity contribution < 1.29 is 0 Å². The van der Waals surface area contributed by atoms with Gasteiger partial charge in [0.25, 0.3) is 0 Å². The first-order valence-corrected chi connectivity index (χ1v) is 5.99. The number of hydrogen-bond donors (Lipinski definition) is 1. The molecule has 0 aliphatic carbocycles. The minimum absolute atomic E-state index is 0.620. The van der Waals surface area contributed by atoms with E-state index in [2.05, 4.69) is 28.7 Å². The van der Waals surface area contributed by atoms with E-state index in [1.54, 1.807) is 0 Å². The van der Waals surface area contributed by atoms with E-state index in [4.69, 9.17) is 0 Å². The molecule has 1 unspecified atom stereocenters.